The molecule has 0 atom stereocenters. The van der Waals surface area contributed by atoms with Crippen molar-refractivity contribution in [3.8, 4) is 11.5 Å². The number of hydrogen-bond donors (Lipinski definition) is 1. The third kappa shape index (κ3) is 4.01. The zero-order valence-corrected chi connectivity index (χ0v) is 15.2. The van der Waals surface area contributed by atoms with Crippen molar-refractivity contribution in [1.82, 2.24) is 4.98 Å². The van der Waals surface area contributed by atoms with Gasteiger partial charge in [-0.05, 0) is 38.0 Å². The van der Waals surface area contributed by atoms with Crippen LogP contribution >= 0.6 is 23.2 Å². The third-order valence-electron chi connectivity index (χ3n) is 3.57. The highest BCUT2D eigenvalue weighted by molar-refractivity contribution is 6.39. The molecule has 1 N–H and O–H groups in total. The number of rotatable bonds is 6. The van der Waals surface area contributed by atoms with E-state index in [1.54, 1.807) is 14.2 Å². The summed E-state index contributed by atoms with van der Waals surface area (Å²) in [5.74, 6) is 1.44. The molecule has 6 heteroatoms. The molecule has 0 spiro atoms. The highest BCUT2D eigenvalue weighted by Gasteiger charge is 2.12. The van der Waals surface area contributed by atoms with Gasteiger partial charge in [0.15, 0.2) is 11.5 Å². The van der Waals surface area contributed by atoms with Crippen LogP contribution in [0.15, 0.2) is 18.2 Å². The summed E-state index contributed by atoms with van der Waals surface area (Å²) in [6.07, 6.45) is 0.799. The van der Waals surface area contributed by atoms with Gasteiger partial charge in [-0.3, -0.25) is 4.98 Å². The highest BCUT2D eigenvalue weighted by Crippen LogP contribution is 2.34. The monoisotopic (exact) mass is 354 g/mol. The van der Waals surface area contributed by atoms with Crippen molar-refractivity contribution in [3.05, 3.63) is 45.2 Å². The summed E-state index contributed by atoms with van der Waals surface area (Å²) in [4.78, 5) is 4.31. The Morgan fingerprint density at radius 1 is 1.00 bits per heavy atom. The van der Waals surface area contributed by atoms with Crippen molar-refractivity contribution >= 4 is 28.9 Å². The number of pyridine rings is 1. The maximum Gasteiger partial charge on any atom is 0.160 e. The quantitative estimate of drug-likeness (QED) is 0.817. The van der Waals surface area contributed by atoms with Crippen LogP contribution in [0.1, 0.15) is 17.0 Å². The first-order chi connectivity index (χ1) is 11.0. The Labute approximate surface area is 146 Å². The van der Waals surface area contributed by atoms with Crippen LogP contribution < -0.4 is 14.8 Å². The van der Waals surface area contributed by atoms with E-state index in [4.69, 9.17) is 32.7 Å². The lowest BCUT2D eigenvalue weighted by Crippen LogP contribution is -2.08. The van der Waals surface area contributed by atoms with Gasteiger partial charge in [-0.1, -0.05) is 29.3 Å². The number of nitrogens with zero attached hydrogens (tertiary/aromatic N) is 1. The lowest BCUT2D eigenvalue weighted by molar-refractivity contribution is 0.354. The van der Waals surface area contributed by atoms with E-state index in [0.29, 0.717) is 16.6 Å². The number of aryl methyl sites for hydroxylation is 2. The number of anilines is 1. The predicted octanol–water partition coefficient (Wildman–Crippen LogP) is 4.68. The number of benzene rings is 1. The third-order valence-corrected chi connectivity index (χ3v) is 4.50. The minimum atomic E-state index is 0.563. The Hall–Kier alpha value is -1.65. The van der Waals surface area contributed by atoms with Crippen molar-refractivity contribution in [2.75, 3.05) is 26.1 Å². The van der Waals surface area contributed by atoms with Gasteiger partial charge < -0.3 is 14.8 Å². The molecular formula is C17H20Cl2N2O2. The van der Waals surface area contributed by atoms with Crippen LogP contribution in [0, 0.1) is 13.8 Å². The van der Waals surface area contributed by atoms with Gasteiger partial charge in [0.05, 0.1) is 41.3 Å². The summed E-state index contributed by atoms with van der Waals surface area (Å²) in [6.45, 7) is 4.42. The SMILES string of the molecule is COc1ccc(CCNc2c(Cl)c(C)nc(C)c2Cl)cc1OC. The lowest BCUT2D eigenvalue weighted by Gasteiger charge is -2.14. The largest absolute Gasteiger partial charge is 0.493 e. The molecule has 2 rings (SSSR count). The molecule has 0 aliphatic rings. The fraction of sp³-hybridized carbons (Fsp3) is 0.353. The molecule has 124 valence electrons. The number of methoxy groups -OCH3 is 2. The molecule has 4 nitrogen and oxygen atoms in total. The summed E-state index contributed by atoms with van der Waals surface area (Å²) in [7, 11) is 3.25. The first-order valence-corrected chi connectivity index (χ1v) is 8.00. The average Bonchev–Trinajstić information content (AvgIpc) is 2.56. The standard InChI is InChI=1S/C17H20Cl2N2O2/c1-10-15(18)17(16(19)11(2)21-10)20-8-7-12-5-6-13(22-3)14(9-12)23-4/h5-6,9H,7-8H2,1-4H3,(H,20,21). The zero-order chi connectivity index (χ0) is 17.0. The molecule has 0 aliphatic heterocycles. The summed E-state index contributed by atoms with van der Waals surface area (Å²) >= 11 is 12.6. The fourth-order valence-electron chi connectivity index (χ4n) is 2.33. The van der Waals surface area contributed by atoms with Crippen LogP contribution in [0.3, 0.4) is 0 Å². The molecule has 1 aromatic carbocycles. The van der Waals surface area contributed by atoms with Crippen LogP contribution in [0.4, 0.5) is 5.69 Å². The molecule has 23 heavy (non-hydrogen) atoms. The second-order valence-electron chi connectivity index (χ2n) is 5.15. The van der Waals surface area contributed by atoms with E-state index in [0.717, 1.165) is 40.6 Å². The molecule has 0 unspecified atom stereocenters. The predicted molar refractivity (Wildman–Crippen MR) is 95.5 cm³/mol. The van der Waals surface area contributed by atoms with Gasteiger partial charge in [0.2, 0.25) is 0 Å². The van der Waals surface area contributed by atoms with Crippen molar-refractivity contribution in [1.29, 1.82) is 0 Å². The highest BCUT2D eigenvalue weighted by atomic mass is 35.5. The smallest absolute Gasteiger partial charge is 0.160 e. The second kappa shape index (κ2) is 7.75. The Morgan fingerprint density at radius 3 is 2.17 bits per heavy atom. The van der Waals surface area contributed by atoms with Gasteiger partial charge in [0.1, 0.15) is 0 Å². The Balaban J connectivity index is 2.09. The van der Waals surface area contributed by atoms with Crippen molar-refractivity contribution in [3.63, 3.8) is 0 Å². The van der Waals surface area contributed by atoms with Crippen molar-refractivity contribution in [2.24, 2.45) is 0 Å². The molecule has 0 fully saturated rings. The molecule has 0 bridgehead atoms. The Kier molecular flexibility index (Phi) is 5.97. The molecule has 0 radical (unpaired) electrons. The van der Waals surface area contributed by atoms with E-state index >= 15 is 0 Å². The van der Waals surface area contributed by atoms with Crippen molar-refractivity contribution in [2.45, 2.75) is 20.3 Å². The van der Waals surface area contributed by atoms with Gasteiger partial charge in [0, 0.05) is 6.54 Å². The Bertz CT molecular complexity index is 679. The number of ether oxygens (including phenoxy) is 2. The summed E-state index contributed by atoms with van der Waals surface area (Å²) < 4.78 is 10.6. The van der Waals surface area contributed by atoms with Gasteiger partial charge >= 0.3 is 0 Å². The molecular weight excluding hydrogens is 335 g/mol. The molecule has 1 heterocycles. The van der Waals surface area contributed by atoms with Gasteiger partial charge in [-0.2, -0.15) is 0 Å². The van der Waals surface area contributed by atoms with Gasteiger partial charge in [0.25, 0.3) is 0 Å². The van der Waals surface area contributed by atoms with Crippen LogP contribution in [-0.2, 0) is 6.42 Å². The average molecular weight is 355 g/mol. The van der Waals surface area contributed by atoms with Gasteiger partial charge in [-0.25, -0.2) is 0 Å². The Morgan fingerprint density at radius 2 is 1.61 bits per heavy atom. The molecule has 2 aromatic rings. The first kappa shape index (κ1) is 17.7. The molecule has 0 amide bonds. The number of hydrogen-bond acceptors (Lipinski definition) is 4. The molecule has 1 aromatic heterocycles. The number of halogens is 2. The van der Waals surface area contributed by atoms with Crippen LogP contribution in [-0.4, -0.2) is 25.7 Å². The van der Waals surface area contributed by atoms with E-state index in [2.05, 4.69) is 10.3 Å². The second-order valence-corrected chi connectivity index (χ2v) is 5.91. The first-order valence-electron chi connectivity index (χ1n) is 7.25. The molecule has 0 aliphatic carbocycles. The maximum atomic E-state index is 6.29. The maximum absolute atomic E-state index is 6.29. The summed E-state index contributed by atoms with van der Waals surface area (Å²) in [5.41, 5.74) is 3.40. The summed E-state index contributed by atoms with van der Waals surface area (Å²) in [5, 5.41) is 4.43. The van der Waals surface area contributed by atoms with E-state index in [9.17, 15) is 0 Å². The van der Waals surface area contributed by atoms with E-state index in [1.807, 2.05) is 32.0 Å². The van der Waals surface area contributed by atoms with E-state index in [-0.39, 0.29) is 0 Å². The zero-order valence-electron chi connectivity index (χ0n) is 13.7. The lowest BCUT2D eigenvalue weighted by atomic mass is 10.1. The summed E-state index contributed by atoms with van der Waals surface area (Å²) in [6, 6.07) is 5.87. The van der Waals surface area contributed by atoms with Crippen molar-refractivity contribution < 1.29 is 9.47 Å². The van der Waals surface area contributed by atoms with Gasteiger partial charge in [-0.15, -0.1) is 0 Å². The minimum Gasteiger partial charge on any atom is -0.493 e. The van der Waals surface area contributed by atoms with Crippen LogP contribution in [0.2, 0.25) is 10.0 Å². The van der Waals surface area contributed by atoms with Crippen LogP contribution in [0.25, 0.3) is 0 Å². The number of aromatic nitrogens is 1. The van der Waals surface area contributed by atoms with Crippen LogP contribution in [0.5, 0.6) is 11.5 Å². The topological polar surface area (TPSA) is 43.4 Å². The number of nitrogens with one attached hydrogen (secondary N) is 1. The van der Waals surface area contributed by atoms with E-state index < -0.39 is 0 Å². The fourth-order valence-corrected chi connectivity index (χ4v) is 2.79. The minimum absolute atomic E-state index is 0.563. The molecule has 0 saturated carbocycles. The normalized spacial score (nSPS) is 10.5. The van der Waals surface area contributed by atoms with E-state index in [1.165, 1.54) is 0 Å². The molecule has 0 saturated heterocycles.